The predicted molar refractivity (Wildman–Crippen MR) is 86.5 cm³/mol. The van der Waals surface area contributed by atoms with Crippen LogP contribution in [0.2, 0.25) is 0 Å². The molecule has 0 atom stereocenters. The zero-order valence-corrected chi connectivity index (χ0v) is 13.3. The fourth-order valence-electron chi connectivity index (χ4n) is 2.25. The Morgan fingerprint density at radius 2 is 2.04 bits per heavy atom. The van der Waals surface area contributed by atoms with E-state index in [1.165, 1.54) is 11.3 Å². The van der Waals surface area contributed by atoms with Crippen LogP contribution in [0.4, 0.5) is 5.13 Å². The van der Waals surface area contributed by atoms with E-state index in [1.807, 2.05) is 30.3 Å². The molecular weight excluding hydrogens is 312 g/mol. The first-order valence-corrected chi connectivity index (χ1v) is 8.20. The molecule has 4 rings (SSSR count). The second kappa shape index (κ2) is 5.58. The SMILES string of the molecule is Cc1oc(-c2ccccc2)nc1C(=O)Nc1nnc(C2CC2)s1. The Kier molecular flexibility index (Phi) is 3.42. The number of benzene rings is 1. The lowest BCUT2D eigenvalue weighted by Gasteiger charge is -1.96. The lowest BCUT2D eigenvalue weighted by atomic mass is 10.2. The molecule has 0 spiro atoms. The molecular formula is C16H14N4O2S. The molecule has 3 aromatic rings. The van der Waals surface area contributed by atoms with Crippen LogP contribution in [0.3, 0.4) is 0 Å². The lowest BCUT2D eigenvalue weighted by Crippen LogP contribution is -2.13. The Labute approximate surface area is 136 Å². The molecule has 1 N–H and O–H groups in total. The molecule has 1 aliphatic rings. The van der Waals surface area contributed by atoms with Crippen molar-refractivity contribution >= 4 is 22.4 Å². The van der Waals surface area contributed by atoms with E-state index in [9.17, 15) is 4.79 Å². The second-order valence-electron chi connectivity index (χ2n) is 5.46. The largest absolute Gasteiger partial charge is 0.441 e. The molecule has 0 unspecified atom stereocenters. The van der Waals surface area contributed by atoms with Gasteiger partial charge in [0.1, 0.15) is 10.8 Å². The summed E-state index contributed by atoms with van der Waals surface area (Å²) in [6, 6.07) is 9.49. The number of oxazole rings is 1. The Balaban J connectivity index is 1.54. The van der Waals surface area contributed by atoms with Crippen LogP contribution in [0.5, 0.6) is 0 Å². The van der Waals surface area contributed by atoms with E-state index in [1.54, 1.807) is 6.92 Å². The average molecular weight is 326 g/mol. The highest BCUT2D eigenvalue weighted by Gasteiger charge is 2.28. The Morgan fingerprint density at radius 1 is 1.26 bits per heavy atom. The van der Waals surface area contributed by atoms with Gasteiger partial charge in [0, 0.05) is 11.5 Å². The van der Waals surface area contributed by atoms with Gasteiger partial charge >= 0.3 is 0 Å². The molecule has 0 saturated heterocycles. The number of carbonyl (C=O) groups is 1. The quantitative estimate of drug-likeness (QED) is 0.792. The van der Waals surface area contributed by atoms with Crippen LogP contribution < -0.4 is 5.32 Å². The molecule has 0 aliphatic heterocycles. The Hall–Kier alpha value is -2.54. The third kappa shape index (κ3) is 2.87. The standard InChI is InChI=1S/C16H14N4O2S/c1-9-12(17-14(22-9)10-5-3-2-4-6-10)13(21)18-16-20-19-15(23-16)11-7-8-11/h2-6,11H,7-8H2,1H3,(H,18,20,21). The van der Waals surface area contributed by atoms with Crippen LogP contribution in [-0.2, 0) is 0 Å². The smallest absolute Gasteiger partial charge is 0.279 e. The van der Waals surface area contributed by atoms with E-state index in [-0.39, 0.29) is 11.6 Å². The van der Waals surface area contributed by atoms with Gasteiger partial charge in [0.25, 0.3) is 5.91 Å². The number of aryl methyl sites for hydroxylation is 1. The topological polar surface area (TPSA) is 80.9 Å². The van der Waals surface area contributed by atoms with E-state index >= 15 is 0 Å². The lowest BCUT2D eigenvalue weighted by molar-refractivity contribution is 0.102. The average Bonchev–Trinajstić information content (AvgIpc) is 3.19. The summed E-state index contributed by atoms with van der Waals surface area (Å²) in [5.74, 6) is 1.11. The van der Waals surface area contributed by atoms with Gasteiger partial charge in [0.05, 0.1) is 0 Å². The number of rotatable bonds is 4. The van der Waals surface area contributed by atoms with E-state index in [0.717, 1.165) is 23.4 Å². The minimum atomic E-state index is -0.327. The van der Waals surface area contributed by atoms with Crippen LogP contribution in [-0.4, -0.2) is 21.1 Å². The molecule has 1 aromatic carbocycles. The fourth-order valence-corrected chi connectivity index (χ4v) is 3.16. The van der Waals surface area contributed by atoms with Crippen LogP contribution in [0.25, 0.3) is 11.5 Å². The van der Waals surface area contributed by atoms with Crippen LogP contribution in [0.1, 0.15) is 40.0 Å². The monoisotopic (exact) mass is 326 g/mol. The van der Waals surface area contributed by atoms with Crippen molar-refractivity contribution in [1.29, 1.82) is 0 Å². The number of anilines is 1. The zero-order chi connectivity index (χ0) is 15.8. The van der Waals surface area contributed by atoms with Gasteiger partial charge in [-0.05, 0) is 31.9 Å². The van der Waals surface area contributed by atoms with Gasteiger partial charge in [0.2, 0.25) is 11.0 Å². The number of amides is 1. The third-order valence-corrected chi connectivity index (χ3v) is 4.62. The summed E-state index contributed by atoms with van der Waals surface area (Å²) in [5, 5.41) is 12.4. The fraction of sp³-hybridized carbons (Fsp3) is 0.250. The molecule has 7 heteroatoms. The summed E-state index contributed by atoms with van der Waals surface area (Å²) >= 11 is 1.42. The van der Waals surface area contributed by atoms with Gasteiger partial charge in [-0.25, -0.2) is 4.98 Å². The third-order valence-electron chi connectivity index (χ3n) is 3.62. The van der Waals surface area contributed by atoms with Crippen molar-refractivity contribution in [3.63, 3.8) is 0 Å². The van der Waals surface area contributed by atoms with Gasteiger partial charge in [-0.3, -0.25) is 10.1 Å². The van der Waals surface area contributed by atoms with Crippen LogP contribution >= 0.6 is 11.3 Å². The number of nitrogens with zero attached hydrogens (tertiary/aromatic N) is 3. The summed E-state index contributed by atoms with van der Waals surface area (Å²) in [4.78, 5) is 16.7. The van der Waals surface area contributed by atoms with Gasteiger partial charge in [0.15, 0.2) is 5.69 Å². The summed E-state index contributed by atoms with van der Waals surface area (Å²) < 4.78 is 5.61. The van der Waals surface area contributed by atoms with Gasteiger partial charge < -0.3 is 4.42 Å². The van der Waals surface area contributed by atoms with Gasteiger partial charge in [-0.15, -0.1) is 10.2 Å². The first-order chi connectivity index (χ1) is 11.2. The van der Waals surface area contributed by atoms with E-state index in [0.29, 0.717) is 22.7 Å². The molecule has 1 amide bonds. The van der Waals surface area contributed by atoms with Crippen molar-refractivity contribution in [3.05, 3.63) is 46.8 Å². The molecule has 2 heterocycles. The molecule has 1 saturated carbocycles. The van der Waals surface area contributed by atoms with E-state index in [4.69, 9.17) is 4.42 Å². The molecule has 6 nitrogen and oxygen atoms in total. The number of hydrogen-bond acceptors (Lipinski definition) is 6. The van der Waals surface area contributed by atoms with E-state index < -0.39 is 0 Å². The zero-order valence-electron chi connectivity index (χ0n) is 12.4. The highest BCUT2D eigenvalue weighted by Crippen LogP contribution is 2.42. The highest BCUT2D eigenvalue weighted by molar-refractivity contribution is 7.15. The van der Waals surface area contributed by atoms with E-state index in [2.05, 4.69) is 20.5 Å². The maximum atomic E-state index is 12.4. The molecule has 1 fully saturated rings. The van der Waals surface area contributed by atoms with Crippen molar-refractivity contribution in [2.45, 2.75) is 25.7 Å². The number of nitrogens with one attached hydrogen (secondary N) is 1. The van der Waals surface area contributed by atoms with Crippen LogP contribution in [0.15, 0.2) is 34.7 Å². The first kappa shape index (κ1) is 14.1. The highest BCUT2D eigenvalue weighted by atomic mass is 32.1. The normalized spacial score (nSPS) is 14.0. The Morgan fingerprint density at radius 3 is 2.78 bits per heavy atom. The number of hydrogen-bond donors (Lipinski definition) is 1. The molecule has 2 aromatic heterocycles. The summed E-state index contributed by atoms with van der Waals surface area (Å²) in [6.45, 7) is 1.73. The minimum absolute atomic E-state index is 0.270. The maximum absolute atomic E-state index is 12.4. The molecule has 0 bridgehead atoms. The molecule has 23 heavy (non-hydrogen) atoms. The Bertz CT molecular complexity index is 852. The summed E-state index contributed by atoms with van der Waals surface area (Å²) in [6.07, 6.45) is 2.32. The number of carbonyl (C=O) groups excluding carboxylic acids is 1. The molecule has 1 aliphatic carbocycles. The maximum Gasteiger partial charge on any atom is 0.279 e. The van der Waals surface area contributed by atoms with Crippen molar-refractivity contribution in [3.8, 4) is 11.5 Å². The minimum Gasteiger partial charge on any atom is -0.441 e. The summed E-state index contributed by atoms with van der Waals surface area (Å²) in [7, 11) is 0. The molecule has 116 valence electrons. The predicted octanol–water partition coefficient (Wildman–Crippen LogP) is 3.63. The van der Waals surface area contributed by atoms with Gasteiger partial charge in [-0.1, -0.05) is 29.5 Å². The second-order valence-corrected chi connectivity index (χ2v) is 6.47. The van der Waals surface area contributed by atoms with Gasteiger partial charge in [-0.2, -0.15) is 0 Å². The van der Waals surface area contributed by atoms with Crippen molar-refractivity contribution in [2.24, 2.45) is 0 Å². The van der Waals surface area contributed by atoms with Crippen LogP contribution in [0, 0.1) is 6.92 Å². The van der Waals surface area contributed by atoms with Crippen molar-refractivity contribution in [2.75, 3.05) is 5.32 Å². The first-order valence-electron chi connectivity index (χ1n) is 7.38. The molecule has 0 radical (unpaired) electrons. The number of aromatic nitrogens is 3. The summed E-state index contributed by atoms with van der Waals surface area (Å²) in [5.41, 5.74) is 1.11. The van der Waals surface area contributed by atoms with Crippen molar-refractivity contribution in [1.82, 2.24) is 15.2 Å². The van der Waals surface area contributed by atoms with Crippen molar-refractivity contribution < 1.29 is 9.21 Å².